The highest BCUT2D eigenvalue weighted by Gasteiger charge is 2.45. The number of nitrogen functional groups attached to an aromatic ring is 1. The third kappa shape index (κ3) is 5.61. The van der Waals surface area contributed by atoms with E-state index in [0.717, 1.165) is 23.4 Å². The first kappa shape index (κ1) is 25.6. The van der Waals surface area contributed by atoms with Crippen molar-refractivity contribution in [3.63, 3.8) is 0 Å². The number of rotatable bonds is 10. The van der Waals surface area contributed by atoms with Gasteiger partial charge in [0.25, 0.3) is 11.8 Å². The molecule has 39 heavy (non-hydrogen) atoms. The zero-order chi connectivity index (χ0) is 27.4. The van der Waals surface area contributed by atoms with Crippen LogP contribution in [0.1, 0.15) is 46.4 Å². The minimum Gasteiger partial charge on any atom is -0.384 e. The molecule has 3 heterocycles. The monoisotopic (exact) mass is 529 g/mol. The maximum atomic E-state index is 13.2. The van der Waals surface area contributed by atoms with Gasteiger partial charge in [-0.15, -0.1) is 0 Å². The molecule has 0 spiro atoms. The first-order valence-electron chi connectivity index (χ1n) is 12.6. The van der Waals surface area contributed by atoms with Crippen molar-refractivity contribution in [1.29, 1.82) is 0 Å². The summed E-state index contributed by atoms with van der Waals surface area (Å²) < 4.78 is 0. The number of nitrogens with one attached hydrogen (secondary N) is 4. The zero-order valence-corrected chi connectivity index (χ0v) is 20.9. The first-order chi connectivity index (χ1) is 18.9. The fraction of sp³-hybridized carbons (Fsp3) is 0.269. The van der Waals surface area contributed by atoms with Crippen molar-refractivity contribution in [3.8, 4) is 0 Å². The second-order valence-electron chi connectivity index (χ2n) is 9.07. The fourth-order valence-electron chi connectivity index (χ4n) is 4.51. The number of nitrogens with two attached hydrogens (primary N) is 1. The van der Waals surface area contributed by atoms with Gasteiger partial charge >= 0.3 is 0 Å². The number of anilines is 5. The number of amides is 4. The van der Waals surface area contributed by atoms with Crippen molar-refractivity contribution < 1.29 is 19.2 Å². The quantitative estimate of drug-likeness (QED) is 0.191. The van der Waals surface area contributed by atoms with Crippen LogP contribution in [0.25, 0.3) is 0 Å². The highest BCUT2D eigenvalue weighted by molar-refractivity contribution is 6.25. The third-order valence-corrected chi connectivity index (χ3v) is 6.35. The smallest absolute Gasteiger partial charge is 0.264 e. The molecule has 0 saturated carbocycles. The largest absolute Gasteiger partial charge is 0.384 e. The number of nitrogens with zero attached hydrogens (tertiary/aromatic N) is 4. The lowest BCUT2D eigenvalue weighted by Crippen LogP contribution is -2.54. The van der Waals surface area contributed by atoms with Gasteiger partial charge in [-0.3, -0.25) is 29.4 Å². The average Bonchev–Trinajstić information content (AvgIpc) is 3.17. The molecule has 0 bridgehead atoms. The van der Waals surface area contributed by atoms with E-state index < -0.39 is 29.7 Å². The lowest BCUT2D eigenvalue weighted by Gasteiger charge is -2.27. The first-order valence-corrected chi connectivity index (χ1v) is 12.6. The second kappa shape index (κ2) is 11.1. The molecule has 5 rings (SSSR count). The second-order valence-corrected chi connectivity index (χ2v) is 9.07. The molecular formula is C26H27N9O4. The standard InChI is InChI=1S/C26H27N9O4/c27-24-32-25(34-26(33-24)30-15-7-2-1-3-8-15)29-14-5-4-13-28-17-10-6-9-16-20(17)23(39)35(22(16)38)18-11-12-19(36)31-21(18)37/h1-3,6-10,18,28H,4-5,11-14H2,(H,31,36,37)(H4,27,29,30,32,33,34). The summed E-state index contributed by atoms with van der Waals surface area (Å²) in [6.45, 7) is 1.11. The highest BCUT2D eigenvalue weighted by Crippen LogP contribution is 2.32. The number of piperidine rings is 1. The number of imide groups is 2. The molecule has 0 aliphatic carbocycles. The molecule has 3 aromatic rings. The normalized spacial score (nSPS) is 16.6. The molecule has 0 radical (unpaired) electrons. The summed E-state index contributed by atoms with van der Waals surface area (Å²) in [6, 6.07) is 13.5. The summed E-state index contributed by atoms with van der Waals surface area (Å²) in [5, 5.41) is 11.7. The number of para-hydroxylation sites is 1. The van der Waals surface area contributed by atoms with Crippen molar-refractivity contribution >= 4 is 52.8 Å². The molecule has 1 unspecified atom stereocenters. The summed E-state index contributed by atoms with van der Waals surface area (Å²) >= 11 is 0. The minimum atomic E-state index is -0.998. The molecule has 1 saturated heterocycles. The number of carbonyl (C=O) groups excluding carboxylic acids is 4. The number of hydrogen-bond acceptors (Lipinski definition) is 11. The number of unbranched alkanes of at least 4 members (excludes halogenated alkanes) is 1. The summed E-state index contributed by atoms with van der Waals surface area (Å²) in [5.74, 6) is -1.33. The van der Waals surface area contributed by atoms with Crippen LogP contribution in [0.2, 0.25) is 0 Å². The topological polar surface area (TPSA) is 184 Å². The molecule has 2 aromatic carbocycles. The lowest BCUT2D eigenvalue weighted by atomic mass is 10.0. The summed E-state index contributed by atoms with van der Waals surface area (Å²) in [4.78, 5) is 63.4. The highest BCUT2D eigenvalue weighted by atomic mass is 16.2. The van der Waals surface area contributed by atoms with Gasteiger partial charge in [-0.2, -0.15) is 15.0 Å². The van der Waals surface area contributed by atoms with E-state index in [9.17, 15) is 19.2 Å². The minimum absolute atomic E-state index is 0.0743. The molecule has 6 N–H and O–H groups in total. The Morgan fingerprint density at radius 1 is 0.872 bits per heavy atom. The molecule has 2 aliphatic rings. The molecule has 13 nitrogen and oxygen atoms in total. The molecule has 1 aromatic heterocycles. The predicted molar refractivity (Wildman–Crippen MR) is 143 cm³/mol. The van der Waals surface area contributed by atoms with Crippen LogP contribution in [-0.2, 0) is 9.59 Å². The summed E-state index contributed by atoms with van der Waals surface area (Å²) in [7, 11) is 0. The molecule has 2 aliphatic heterocycles. The van der Waals surface area contributed by atoms with Gasteiger partial charge in [0.1, 0.15) is 6.04 Å². The van der Waals surface area contributed by atoms with Gasteiger partial charge in [0.05, 0.1) is 11.1 Å². The lowest BCUT2D eigenvalue weighted by molar-refractivity contribution is -0.136. The van der Waals surface area contributed by atoms with Crippen molar-refractivity contribution in [3.05, 3.63) is 59.7 Å². The van der Waals surface area contributed by atoms with E-state index in [1.54, 1.807) is 18.2 Å². The van der Waals surface area contributed by atoms with Crippen LogP contribution in [-0.4, -0.2) is 62.6 Å². The van der Waals surface area contributed by atoms with Crippen LogP contribution in [0, 0.1) is 0 Å². The van der Waals surface area contributed by atoms with Gasteiger partial charge in [-0.25, -0.2) is 0 Å². The number of fused-ring (bicyclic) bond motifs is 1. The fourth-order valence-corrected chi connectivity index (χ4v) is 4.51. The Kier molecular flexibility index (Phi) is 7.30. The van der Waals surface area contributed by atoms with Crippen LogP contribution in [0.3, 0.4) is 0 Å². The molecule has 1 atom stereocenters. The van der Waals surface area contributed by atoms with E-state index >= 15 is 0 Å². The van der Waals surface area contributed by atoms with E-state index in [1.165, 1.54) is 0 Å². The SMILES string of the molecule is Nc1nc(NCCCCNc2cccc3c2C(=O)N(C2CCC(=O)NC2=O)C3=O)nc(Nc2ccccc2)n1. The zero-order valence-electron chi connectivity index (χ0n) is 20.9. The number of aromatic nitrogens is 3. The van der Waals surface area contributed by atoms with E-state index in [0.29, 0.717) is 30.7 Å². The predicted octanol–water partition coefficient (Wildman–Crippen LogP) is 1.90. The maximum Gasteiger partial charge on any atom is 0.264 e. The maximum absolute atomic E-state index is 13.2. The Morgan fingerprint density at radius 3 is 2.38 bits per heavy atom. The van der Waals surface area contributed by atoms with Crippen molar-refractivity contribution in [2.75, 3.05) is 34.8 Å². The van der Waals surface area contributed by atoms with Crippen molar-refractivity contribution in [1.82, 2.24) is 25.2 Å². The Morgan fingerprint density at radius 2 is 1.62 bits per heavy atom. The Hall–Kier alpha value is -5.07. The molecule has 4 amide bonds. The Balaban J connectivity index is 1.13. The number of hydrogen-bond donors (Lipinski definition) is 5. The molecular weight excluding hydrogens is 502 g/mol. The van der Waals surface area contributed by atoms with Gasteiger partial charge in [-0.05, 0) is 43.5 Å². The van der Waals surface area contributed by atoms with Gasteiger partial charge in [0.2, 0.25) is 29.7 Å². The van der Waals surface area contributed by atoms with Gasteiger partial charge < -0.3 is 21.7 Å². The summed E-state index contributed by atoms with van der Waals surface area (Å²) in [5.41, 5.74) is 7.65. The molecule has 13 heteroatoms. The summed E-state index contributed by atoms with van der Waals surface area (Å²) in [6.07, 6.45) is 1.68. The van der Waals surface area contributed by atoms with Gasteiger partial charge in [0.15, 0.2) is 0 Å². The van der Waals surface area contributed by atoms with E-state index in [4.69, 9.17) is 5.73 Å². The van der Waals surface area contributed by atoms with Crippen LogP contribution in [0.4, 0.5) is 29.2 Å². The van der Waals surface area contributed by atoms with E-state index in [2.05, 4.69) is 36.2 Å². The molecule has 1 fully saturated rings. The Bertz CT molecular complexity index is 1430. The van der Waals surface area contributed by atoms with Crippen molar-refractivity contribution in [2.24, 2.45) is 0 Å². The van der Waals surface area contributed by atoms with Crippen molar-refractivity contribution in [2.45, 2.75) is 31.7 Å². The van der Waals surface area contributed by atoms with Crippen LogP contribution in [0.5, 0.6) is 0 Å². The van der Waals surface area contributed by atoms with Crippen LogP contribution in [0.15, 0.2) is 48.5 Å². The van der Waals surface area contributed by atoms with Gasteiger partial charge in [-0.1, -0.05) is 24.3 Å². The van der Waals surface area contributed by atoms with Gasteiger partial charge in [0, 0.05) is 30.9 Å². The third-order valence-electron chi connectivity index (χ3n) is 6.35. The van der Waals surface area contributed by atoms with E-state index in [1.807, 2.05) is 30.3 Å². The average molecular weight is 530 g/mol. The number of carbonyl (C=O) groups is 4. The van der Waals surface area contributed by atoms with Crippen LogP contribution < -0.4 is 27.0 Å². The molecule has 200 valence electrons. The number of benzene rings is 2. The van der Waals surface area contributed by atoms with Crippen LogP contribution >= 0.6 is 0 Å². The van der Waals surface area contributed by atoms with E-state index in [-0.39, 0.29) is 29.9 Å². The Labute approximate surface area is 223 Å².